The molecule has 0 bridgehead atoms. The predicted molar refractivity (Wildman–Crippen MR) is 85.0 cm³/mol. The second kappa shape index (κ2) is 6.76. The van der Waals surface area contributed by atoms with Crippen molar-refractivity contribution in [2.75, 3.05) is 20.2 Å². The minimum atomic E-state index is -0.967. The van der Waals surface area contributed by atoms with Crippen LogP contribution in [0.4, 0.5) is 9.18 Å². The van der Waals surface area contributed by atoms with Crippen molar-refractivity contribution in [3.05, 3.63) is 47.9 Å². The number of halogens is 1. The molecule has 0 radical (unpaired) electrons. The summed E-state index contributed by atoms with van der Waals surface area (Å²) in [4.78, 5) is 27.5. The van der Waals surface area contributed by atoms with Crippen molar-refractivity contribution in [3.63, 3.8) is 0 Å². The SMILES string of the molecule is COC(=O)c1ccc(-c2ccc(OC3CN(C(=O)O)C3)cn2)cc1F. The Bertz CT molecular complexity index is 803. The Balaban J connectivity index is 1.67. The van der Waals surface area contributed by atoms with Gasteiger partial charge in [0.2, 0.25) is 0 Å². The van der Waals surface area contributed by atoms with Crippen LogP contribution in [0.15, 0.2) is 36.5 Å². The van der Waals surface area contributed by atoms with Crippen molar-refractivity contribution in [1.29, 1.82) is 0 Å². The maximum atomic E-state index is 14.0. The number of carboxylic acid groups (broad SMARTS) is 1. The second-order valence-electron chi connectivity index (χ2n) is 5.49. The number of carbonyl (C=O) groups excluding carboxylic acids is 1. The number of pyridine rings is 1. The molecule has 1 aliphatic rings. The number of nitrogens with zero attached hydrogens (tertiary/aromatic N) is 2. The summed E-state index contributed by atoms with van der Waals surface area (Å²) in [5, 5.41) is 8.77. The molecule has 2 aromatic rings. The van der Waals surface area contributed by atoms with Crippen molar-refractivity contribution in [2.45, 2.75) is 6.10 Å². The fourth-order valence-electron chi connectivity index (χ4n) is 2.43. The van der Waals surface area contributed by atoms with Crippen LogP contribution >= 0.6 is 0 Å². The highest BCUT2D eigenvalue weighted by Gasteiger charge is 2.32. The summed E-state index contributed by atoms with van der Waals surface area (Å²) in [5.74, 6) is -0.920. The molecule has 0 spiro atoms. The van der Waals surface area contributed by atoms with Gasteiger partial charge in [-0.05, 0) is 24.3 Å². The van der Waals surface area contributed by atoms with E-state index in [1.165, 1.54) is 30.3 Å². The highest BCUT2D eigenvalue weighted by atomic mass is 19.1. The minimum Gasteiger partial charge on any atom is -0.485 e. The number of ether oxygens (including phenoxy) is 2. The quantitative estimate of drug-likeness (QED) is 0.855. The van der Waals surface area contributed by atoms with E-state index in [0.29, 0.717) is 30.1 Å². The number of amides is 1. The molecule has 0 atom stereocenters. The van der Waals surface area contributed by atoms with Gasteiger partial charge in [0.25, 0.3) is 0 Å². The molecule has 1 aromatic carbocycles. The number of esters is 1. The number of likely N-dealkylation sites (tertiary alicyclic amines) is 1. The lowest BCUT2D eigenvalue weighted by Gasteiger charge is -2.36. The average molecular weight is 346 g/mol. The molecule has 1 aromatic heterocycles. The number of hydrogen-bond acceptors (Lipinski definition) is 5. The van der Waals surface area contributed by atoms with Gasteiger partial charge in [-0.25, -0.2) is 14.0 Å². The Morgan fingerprint density at radius 3 is 2.60 bits per heavy atom. The van der Waals surface area contributed by atoms with Crippen LogP contribution in [0.1, 0.15) is 10.4 Å². The lowest BCUT2D eigenvalue weighted by molar-refractivity contribution is 0.0250. The molecule has 0 unspecified atom stereocenters. The first-order valence-electron chi connectivity index (χ1n) is 7.46. The van der Waals surface area contributed by atoms with E-state index in [-0.39, 0.29) is 11.7 Å². The standard InChI is InChI=1S/C17H15FN2O5/c1-24-16(21)13-4-2-10(6-14(13)18)15-5-3-11(7-19-15)25-12-8-20(9-12)17(22)23/h2-7,12H,8-9H2,1H3,(H,22,23). The number of rotatable bonds is 4. The highest BCUT2D eigenvalue weighted by Crippen LogP contribution is 2.24. The summed E-state index contributed by atoms with van der Waals surface area (Å²) in [6, 6.07) is 7.48. The zero-order valence-corrected chi connectivity index (χ0v) is 13.3. The molecule has 8 heteroatoms. The van der Waals surface area contributed by atoms with E-state index in [1.807, 2.05) is 0 Å². The maximum absolute atomic E-state index is 14.0. The molecule has 1 fully saturated rings. The zero-order valence-electron chi connectivity index (χ0n) is 13.3. The predicted octanol–water partition coefficient (Wildman–Crippen LogP) is 2.42. The minimum absolute atomic E-state index is 0.140. The van der Waals surface area contributed by atoms with E-state index in [9.17, 15) is 14.0 Å². The third-order valence-corrected chi connectivity index (χ3v) is 3.83. The number of methoxy groups -OCH3 is 1. The third kappa shape index (κ3) is 3.52. The maximum Gasteiger partial charge on any atom is 0.407 e. The second-order valence-corrected chi connectivity index (χ2v) is 5.49. The molecule has 3 rings (SSSR count). The molecule has 1 saturated heterocycles. The van der Waals surface area contributed by atoms with E-state index >= 15 is 0 Å². The first-order valence-corrected chi connectivity index (χ1v) is 7.46. The van der Waals surface area contributed by atoms with Gasteiger partial charge in [-0.15, -0.1) is 0 Å². The van der Waals surface area contributed by atoms with Gasteiger partial charge in [-0.1, -0.05) is 6.07 Å². The van der Waals surface area contributed by atoms with Crippen LogP contribution in [0.2, 0.25) is 0 Å². The monoisotopic (exact) mass is 346 g/mol. The van der Waals surface area contributed by atoms with Gasteiger partial charge in [-0.2, -0.15) is 0 Å². The molecule has 1 amide bonds. The molecule has 0 saturated carbocycles. The van der Waals surface area contributed by atoms with E-state index in [4.69, 9.17) is 9.84 Å². The normalized spacial score (nSPS) is 13.9. The first kappa shape index (κ1) is 16.7. The average Bonchev–Trinajstić information content (AvgIpc) is 2.57. The van der Waals surface area contributed by atoms with Crippen molar-refractivity contribution in [3.8, 4) is 17.0 Å². The van der Waals surface area contributed by atoms with Gasteiger partial charge in [0.15, 0.2) is 0 Å². The van der Waals surface area contributed by atoms with E-state index in [1.54, 1.807) is 18.2 Å². The van der Waals surface area contributed by atoms with Gasteiger partial charge >= 0.3 is 12.1 Å². The zero-order chi connectivity index (χ0) is 18.0. The molecular weight excluding hydrogens is 331 g/mol. The van der Waals surface area contributed by atoms with Gasteiger partial charge in [0.1, 0.15) is 17.7 Å². The molecule has 0 aliphatic carbocycles. The molecule has 1 aliphatic heterocycles. The summed E-state index contributed by atoms with van der Waals surface area (Å²) >= 11 is 0. The van der Waals surface area contributed by atoms with E-state index in [0.717, 1.165) is 0 Å². The van der Waals surface area contributed by atoms with Crippen LogP contribution in [-0.2, 0) is 4.74 Å². The van der Waals surface area contributed by atoms with Crippen LogP contribution in [-0.4, -0.2) is 53.4 Å². The Morgan fingerprint density at radius 1 is 1.28 bits per heavy atom. The summed E-state index contributed by atoms with van der Waals surface area (Å²) in [5.41, 5.74) is 0.889. The summed E-state index contributed by atoms with van der Waals surface area (Å²) in [6.45, 7) is 0.634. The molecule has 1 N–H and O–H groups in total. The molecule has 25 heavy (non-hydrogen) atoms. The summed E-state index contributed by atoms with van der Waals surface area (Å²) < 4.78 is 24.1. The van der Waals surface area contributed by atoms with Crippen LogP contribution in [0.5, 0.6) is 5.75 Å². The van der Waals surface area contributed by atoms with Crippen molar-refractivity contribution in [2.24, 2.45) is 0 Å². The largest absolute Gasteiger partial charge is 0.485 e. The van der Waals surface area contributed by atoms with Gasteiger partial charge in [0.05, 0.1) is 37.7 Å². The van der Waals surface area contributed by atoms with Crippen molar-refractivity contribution in [1.82, 2.24) is 9.88 Å². The lowest BCUT2D eigenvalue weighted by Crippen LogP contribution is -2.55. The van der Waals surface area contributed by atoms with Crippen molar-refractivity contribution < 1.29 is 28.6 Å². The molecule has 130 valence electrons. The molecule has 2 heterocycles. The van der Waals surface area contributed by atoms with Crippen LogP contribution < -0.4 is 4.74 Å². The van der Waals surface area contributed by atoms with Crippen LogP contribution in [0, 0.1) is 5.82 Å². The lowest BCUT2D eigenvalue weighted by atomic mass is 10.1. The summed E-state index contributed by atoms with van der Waals surface area (Å²) in [6.07, 6.45) is 0.330. The molecule has 7 nitrogen and oxygen atoms in total. The Hall–Kier alpha value is -3.16. The Labute approximate surface area is 142 Å². The Morgan fingerprint density at radius 2 is 2.04 bits per heavy atom. The number of carbonyl (C=O) groups is 2. The van der Waals surface area contributed by atoms with Gasteiger partial charge < -0.3 is 19.5 Å². The number of aromatic nitrogens is 1. The van der Waals surface area contributed by atoms with E-state index in [2.05, 4.69) is 9.72 Å². The van der Waals surface area contributed by atoms with Gasteiger partial charge in [-0.3, -0.25) is 4.98 Å². The molecular formula is C17H15FN2O5. The number of hydrogen-bond donors (Lipinski definition) is 1. The fourth-order valence-corrected chi connectivity index (χ4v) is 2.43. The Kier molecular flexibility index (Phi) is 4.51. The third-order valence-electron chi connectivity index (χ3n) is 3.83. The topological polar surface area (TPSA) is 89.0 Å². The van der Waals surface area contributed by atoms with Crippen LogP contribution in [0.3, 0.4) is 0 Å². The number of benzene rings is 1. The van der Waals surface area contributed by atoms with Crippen molar-refractivity contribution >= 4 is 12.1 Å². The van der Waals surface area contributed by atoms with E-state index < -0.39 is 17.9 Å². The summed E-state index contributed by atoms with van der Waals surface area (Å²) in [7, 11) is 1.19. The van der Waals surface area contributed by atoms with Gasteiger partial charge in [0, 0.05) is 5.56 Å². The fraction of sp³-hybridized carbons (Fsp3) is 0.235. The first-order chi connectivity index (χ1) is 12.0. The smallest absolute Gasteiger partial charge is 0.407 e. The highest BCUT2D eigenvalue weighted by molar-refractivity contribution is 5.90. The van der Waals surface area contributed by atoms with Crippen LogP contribution in [0.25, 0.3) is 11.3 Å².